The van der Waals surface area contributed by atoms with Gasteiger partial charge in [-0.2, -0.15) is 0 Å². The number of carbonyl (C=O) groups excluding carboxylic acids is 2. The van der Waals surface area contributed by atoms with Crippen molar-refractivity contribution in [1.29, 1.82) is 0 Å². The maximum Gasteiger partial charge on any atom is 0.407 e. The summed E-state index contributed by atoms with van der Waals surface area (Å²) in [5.74, 6) is -0.322. The van der Waals surface area contributed by atoms with Crippen LogP contribution in [0.4, 0.5) is 4.79 Å². The number of aliphatic carboxylic acids is 1. The van der Waals surface area contributed by atoms with E-state index in [4.69, 9.17) is 9.84 Å². The molecule has 2 amide bonds. The standard InChI is InChI=1S/C27H32N2O5/c1-16(2)17-13-18(14-17)28-26(32)24(11-12-25(30)31)29-27(33)34-15-23-21-9-5-3-7-19(21)20-8-4-6-10-22(20)23/h3-10,16-18,23-24H,11-15H2,1-2H3,(H,28,32)(H,29,33)(H,30,31). The monoisotopic (exact) mass is 464 g/mol. The zero-order chi connectivity index (χ0) is 24.2. The second-order valence-corrected chi connectivity index (χ2v) is 9.64. The average molecular weight is 465 g/mol. The molecule has 2 aromatic rings. The Balaban J connectivity index is 1.36. The van der Waals surface area contributed by atoms with Gasteiger partial charge >= 0.3 is 12.1 Å². The maximum atomic E-state index is 12.8. The predicted molar refractivity (Wildman–Crippen MR) is 128 cm³/mol. The van der Waals surface area contributed by atoms with Crippen LogP contribution < -0.4 is 10.6 Å². The molecule has 7 nitrogen and oxygen atoms in total. The Kier molecular flexibility index (Phi) is 7.20. The SMILES string of the molecule is CC(C)C1CC(NC(=O)C(CCC(=O)O)NC(=O)OCC2c3ccccc3-c3ccccc32)C1. The van der Waals surface area contributed by atoms with E-state index in [2.05, 4.69) is 36.6 Å². The van der Waals surface area contributed by atoms with Crippen molar-refractivity contribution in [3.8, 4) is 11.1 Å². The third-order valence-corrected chi connectivity index (χ3v) is 7.06. The minimum Gasteiger partial charge on any atom is -0.481 e. The number of carbonyl (C=O) groups is 3. The summed E-state index contributed by atoms with van der Waals surface area (Å²) in [6.45, 7) is 4.46. The number of hydrogen-bond donors (Lipinski definition) is 3. The van der Waals surface area contributed by atoms with Gasteiger partial charge in [-0.1, -0.05) is 62.4 Å². The molecule has 1 fully saturated rings. The van der Waals surface area contributed by atoms with E-state index in [9.17, 15) is 14.4 Å². The summed E-state index contributed by atoms with van der Waals surface area (Å²) in [4.78, 5) is 36.5. The summed E-state index contributed by atoms with van der Waals surface area (Å²) in [7, 11) is 0. The van der Waals surface area contributed by atoms with Crippen LogP contribution in [0.2, 0.25) is 0 Å². The molecule has 34 heavy (non-hydrogen) atoms. The average Bonchev–Trinajstić information content (AvgIpc) is 3.10. The normalized spacial score (nSPS) is 19.5. The number of benzene rings is 2. The number of carboxylic acids is 1. The molecule has 1 atom stereocenters. The van der Waals surface area contributed by atoms with Gasteiger partial charge in [0.15, 0.2) is 0 Å². The molecule has 0 aliphatic heterocycles. The fourth-order valence-electron chi connectivity index (χ4n) is 4.94. The predicted octanol–water partition coefficient (Wildman–Crippen LogP) is 4.31. The molecule has 2 aliphatic rings. The van der Waals surface area contributed by atoms with Gasteiger partial charge in [0.1, 0.15) is 12.6 Å². The van der Waals surface area contributed by atoms with E-state index >= 15 is 0 Å². The van der Waals surface area contributed by atoms with Crippen molar-refractivity contribution in [2.75, 3.05) is 6.61 Å². The summed E-state index contributed by atoms with van der Waals surface area (Å²) in [5.41, 5.74) is 4.46. The molecule has 180 valence electrons. The van der Waals surface area contributed by atoms with E-state index in [-0.39, 0.29) is 37.3 Å². The molecule has 2 aliphatic carbocycles. The molecular weight excluding hydrogens is 432 g/mol. The second-order valence-electron chi connectivity index (χ2n) is 9.64. The van der Waals surface area contributed by atoms with Gasteiger partial charge in [0, 0.05) is 18.4 Å². The highest BCUT2D eigenvalue weighted by Gasteiger charge is 2.34. The molecular formula is C27H32N2O5. The lowest BCUT2D eigenvalue weighted by molar-refractivity contribution is -0.137. The fourth-order valence-corrected chi connectivity index (χ4v) is 4.94. The van der Waals surface area contributed by atoms with Gasteiger partial charge < -0.3 is 20.5 Å². The Hall–Kier alpha value is -3.35. The maximum absolute atomic E-state index is 12.8. The topological polar surface area (TPSA) is 105 Å². The molecule has 1 unspecified atom stereocenters. The van der Waals surface area contributed by atoms with Gasteiger partial charge in [-0.15, -0.1) is 0 Å². The molecule has 0 aromatic heterocycles. The number of hydrogen-bond acceptors (Lipinski definition) is 4. The Morgan fingerprint density at radius 3 is 2.15 bits per heavy atom. The second kappa shape index (κ2) is 10.3. The van der Waals surface area contributed by atoms with Crippen LogP contribution in [0.3, 0.4) is 0 Å². The Morgan fingerprint density at radius 1 is 1.00 bits per heavy atom. The molecule has 1 saturated carbocycles. The van der Waals surface area contributed by atoms with Crippen LogP contribution in [0.15, 0.2) is 48.5 Å². The fraction of sp³-hybridized carbons (Fsp3) is 0.444. The van der Waals surface area contributed by atoms with Gasteiger partial charge in [-0.05, 0) is 53.4 Å². The van der Waals surface area contributed by atoms with Crippen molar-refractivity contribution in [1.82, 2.24) is 10.6 Å². The summed E-state index contributed by atoms with van der Waals surface area (Å²) >= 11 is 0. The van der Waals surface area contributed by atoms with Crippen molar-refractivity contribution in [2.24, 2.45) is 11.8 Å². The van der Waals surface area contributed by atoms with E-state index in [1.165, 1.54) is 0 Å². The van der Waals surface area contributed by atoms with Gasteiger partial charge in [0.05, 0.1) is 0 Å². The Morgan fingerprint density at radius 2 is 1.59 bits per heavy atom. The van der Waals surface area contributed by atoms with Crippen molar-refractivity contribution in [3.05, 3.63) is 59.7 Å². The number of rotatable bonds is 9. The Labute approximate surface area is 199 Å². The van der Waals surface area contributed by atoms with E-state index in [0.717, 1.165) is 35.1 Å². The highest BCUT2D eigenvalue weighted by molar-refractivity contribution is 5.86. The summed E-state index contributed by atoms with van der Waals surface area (Å²) in [5, 5.41) is 14.6. The van der Waals surface area contributed by atoms with Crippen molar-refractivity contribution in [2.45, 2.75) is 57.5 Å². The minimum absolute atomic E-state index is 0.00565. The van der Waals surface area contributed by atoms with E-state index in [1.54, 1.807) is 0 Å². The zero-order valence-electron chi connectivity index (χ0n) is 19.6. The van der Waals surface area contributed by atoms with Crippen LogP contribution in [-0.4, -0.2) is 41.8 Å². The van der Waals surface area contributed by atoms with Crippen molar-refractivity contribution >= 4 is 18.0 Å². The first-order chi connectivity index (χ1) is 16.3. The smallest absolute Gasteiger partial charge is 0.407 e. The van der Waals surface area contributed by atoms with E-state index in [1.807, 2.05) is 36.4 Å². The number of ether oxygens (including phenoxy) is 1. The molecule has 3 N–H and O–H groups in total. The van der Waals surface area contributed by atoms with Crippen molar-refractivity contribution < 1.29 is 24.2 Å². The number of nitrogens with one attached hydrogen (secondary N) is 2. The quantitative estimate of drug-likeness (QED) is 0.513. The lowest BCUT2D eigenvalue weighted by atomic mass is 9.73. The van der Waals surface area contributed by atoms with Gasteiger partial charge in [0.25, 0.3) is 0 Å². The lowest BCUT2D eigenvalue weighted by Gasteiger charge is -2.39. The molecule has 0 saturated heterocycles. The summed E-state index contributed by atoms with van der Waals surface area (Å²) in [6.07, 6.45) is 0.869. The molecule has 0 heterocycles. The third kappa shape index (κ3) is 5.24. The number of alkyl carbamates (subject to hydrolysis) is 1. The van der Waals surface area contributed by atoms with Gasteiger partial charge in [-0.3, -0.25) is 9.59 Å². The van der Waals surface area contributed by atoms with Crippen LogP contribution in [0.25, 0.3) is 11.1 Å². The molecule has 4 rings (SSSR count). The zero-order valence-corrected chi connectivity index (χ0v) is 19.6. The first-order valence-electron chi connectivity index (χ1n) is 12.0. The minimum atomic E-state index is -1.02. The van der Waals surface area contributed by atoms with E-state index < -0.39 is 18.1 Å². The molecule has 0 radical (unpaired) electrons. The number of fused-ring (bicyclic) bond motifs is 3. The van der Waals surface area contributed by atoms with Gasteiger partial charge in [0.2, 0.25) is 5.91 Å². The largest absolute Gasteiger partial charge is 0.481 e. The summed E-state index contributed by atoms with van der Waals surface area (Å²) < 4.78 is 5.54. The molecule has 7 heteroatoms. The lowest BCUT2D eigenvalue weighted by Crippen LogP contribution is -2.53. The van der Waals surface area contributed by atoms with Crippen LogP contribution in [0.1, 0.15) is 56.6 Å². The summed E-state index contributed by atoms with van der Waals surface area (Å²) in [6, 6.07) is 15.2. The van der Waals surface area contributed by atoms with Crippen LogP contribution >= 0.6 is 0 Å². The van der Waals surface area contributed by atoms with Crippen LogP contribution in [0.5, 0.6) is 0 Å². The Bertz CT molecular complexity index is 1010. The third-order valence-electron chi connectivity index (χ3n) is 7.06. The van der Waals surface area contributed by atoms with Gasteiger partial charge in [-0.25, -0.2) is 4.79 Å². The highest BCUT2D eigenvalue weighted by atomic mass is 16.5. The molecule has 0 bridgehead atoms. The first-order valence-corrected chi connectivity index (χ1v) is 12.0. The van der Waals surface area contributed by atoms with Crippen LogP contribution in [0, 0.1) is 11.8 Å². The number of amides is 2. The molecule has 2 aromatic carbocycles. The highest BCUT2D eigenvalue weighted by Crippen LogP contribution is 2.44. The van der Waals surface area contributed by atoms with E-state index in [0.29, 0.717) is 11.8 Å². The van der Waals surface area contributed by atoms with Crippen molar-refractivity contribution in [3.63, 3.8) is 0 Å². The number of carboxylic acid groups (broad SMARTS) is 1. The first kappa shape index (κ1) is 23.8. The van der Waals surface area contributed by atoms with Crippen LogP contribution in [-0.2, 0) is 14.3 Å². The molecule has 0 spiro atoms.